The molecule has 3 nitrogen and oxygen atoms in total. The normalized spacial score (nSPS) is 43.4. The maximum absolute atomic E-state index is 12.5. The van der Waals surface area contributed by atoms with Gasteiger partial charge in [0.1, 0.15) is 0 Å². The molecule has 0 aliphatic heterocycles. The highest BCUT2D eigenvalue weighted by Gasteiger charge is 2.56. The molecule has 1 N–H and O–H groups in total. The Morgan fingerprint density at radius 3 is 1.67 bits per heavy atom. The molecule has 0 atom stereocenters. The molecule has 7 heteroatoms. The number of nitrogens with one attached hydrogen (secondary N) is 1. The molecule has 0 saturated heterocycles. The molecule has 0 heterocycles. The third kappa shape index (κ3) is 1.95. The van der Waals surface area contributed by atoms with Gasteiger partial charge in [-0.3, -0.25) is 0 Å². The lowest BCUT2D eigenvalue weighted by Gasteiger charge is -2.56. The van der Waals surface area contributed by atoms with E-state index >= 15 is 0 Å². The summed E-state index contributed by atoms with van der Waals surface area (Å²) in [6, 6.07) is 0. The van der Waals surface area contributed by atoms with Gasteiger partial charge in [0.05, 0.1) is 0 Å². The zero-order valence-corrected chi connectivity index (χ0v) is 10.6. The fraction of sp³-hybridized carbons (Fsp3) is 1.00. The molecule has 4 aliphatic rings. The third-order valence-corrected chi connectivity index (χ3v) is 6.00. The average Bonchev–Trinajstić information content (AvgIpc) is 2.10. The van der Waals surface area contributed by atoms with Crippen LogP contribution in [-0.2, 0) is 10.0 Å². The zero-order chi connectivity index (χ0) is 13.2. The number of sulfonamides is 1. The smallest absolute Gasteiger partial charge is 0.203 e. The van der Waals surface area contributed by atoms with Crippen LogP contribution in [-0.4, -0.2) is 19.5 Å². The van der Waals surface area contributed by atoms with E-state index in [-0.39, 0.29) is 0 Å². The van der Waals surface area contributed by atoms with Crippen LogP contribution < -0.4 is 4.72 Å². The van der Waals surface area contributed by atoms with Crippen molar-refractivity contribution in [1.29, 1.82) is 0 Å². The largest absolute Gasteiger partial charge is 0.511 e. The predicted molar refractivity (Wildman–Crippen MR) is 59.0 cm³/mol. The van der Waals surface area contributed by atoms with Crippen LogP contribution >= 0.6 is 0 Å². The molecule has 0 unspecified atom stereocenters. The van der Waals surface area contributed by atoms with Crippen LogP contribution in [0, 0.1) is 17.8 Å². The molecule has 0 radical (unpaired) electrons. The molecule has 4 aliphatic carbocycles. The first-order valence-corrected chi connectivity index (χ1v) is 7.78. The van der Waals surface area contributed by atoms with Crippen LogP contribution in [0.15, 0.2) is 0 Å². The second-order valence-corrected chi connectivity index (χ2v) is 7.92. The highest BCUT2D eigenvalue weighted by molar-refractivity contribution is 7.90. The summed E-state index contributed by atoms with van der Waals surface area (Å²) in [5.74, 6) is 1.23. The second kappa shape index (κ2) is 3.62. The Morgan fingerprint density at radius 2 is 1.33 bits per heavy atom. The first-order chi connectivity index (χ1) is 8.19. The van der Waals surface area contributed by atoms with Crippen molar-refractivity contribution >= 4 is 10.0 Å². The summed E-state index contributed by atoms with van der Waals surface area (Å²) in [6.07, 6.45) is 4.92. The minimum Gasteiger partial charge on any atom is -0.203 e. The third-order valence-electron chi connectivity index (χ3n) is 4.69. The van der Waals surface area contributed by atoms with E-state index in [4.69, 9.17) is 0 Å². The van der Waals surface area contributed by atoms with Gasteiger partial charge >= 0.3 is 15.5 Å². The van der Waals surface area contributed by atoms with Gasteiger partial charge < -0.3 is 0 Å². The lowest BCUT2D eigenvalue weighted by molar-refractivity contribution is -0.0511. The molecular formula is C11H16F3NO2S. The maximum atomic E-state index is 12.5. The number of hydrogen-bond acceptors (Lipinski definition) is 2. The van der Waals surface area contributed by atoms with E-state index in [2.05, 4.69) is 0 Å². The van der Waals surface area contributed by atoms with Gasteiger partial charge in [0.15, 0.2) is 0 Å². The number of hydrogen-bond donors (Lipinski definition) is 1. The molecule has 0 aromatic heterocycles. The summed E-state index contributed by atoms with van der Waals surface area (Å²) in [5.41, 5.74) is -6.01. The summed E-state index contributed by atoms with van der Waals surface area (Å²) in [4.78, 5) is 0. The van der Waals surface area contributed by atoms with Crippen molar-refractivity contribution in [1.82, 2.24) is 4.72 Å². The average molecular weight is 283 g/mol. The van der Waals surface area contributed by atoms with Crippen LogP contribution in [0.1, 0.15) is 38.5 Å². The molecule has 18 heavy (non-hydrogen) atoms. The molecule has 4 bridgehead atoms. The van der Waals surface area contributed by atoms with Crippen molar-refractivity contribution < 1.29 is 21.6 Å². The minimum absolute atomic E-state index is 0.409. The van der Waals surface area contributed by atoms with Crippen molar-refractivity contribution in [2.45, 2.75) is 49.6 Å². The van der Waals surface area contributed by atoms with Crippen LogP contribution in [0.4, 0.5) is 13.2 Å². The molecule has 0 amide bonds. The van der Waals surface area contributed by atoms with E-state index in [0.29, 0.717) is 37.0 Å². The lowest BCUT2D eigenvalue weighted by Crippen LogP contribution is -2.61. The summed E-state index contributed by atoms with van der Waals surface area (Å²) in [7, 11) is -5.21. The fourth-order valence-electron chi connectivity index (χ4n) is 4.58. The molecule has 4 rings (SSSR count). The van der Waals surface area contributed by atoms with Gasteiger partial charge in [-0.2, -0.15) is 13.2 Å². The van der Waals surface area contributed by atoms with E-state index in [9.17, 15) is 21.6 Å². The number of rotatable bonds is 2. The molecule has 0 aromatic rings. The van der Waals surface area contributed by atoms with Crippen LogP contribution in [0.5, 0.6) is 0 Å². The van der Waals surface area contributed by atoms with Gasteiger partial charge in [0.2, 0.25) is 0 Å². The summed E-state index contributed by atoms with van der Waals surface area (Å²) < 4.78 is 62.0. The Morgan fingerprint density at radius 1 is 0.944 bits per heavy atom. The zero-order valence-electron chi connectivity index (χ0n) is 9.83. The van der Waals surface area contributed by atoms with Crippen molar-refractivity contribution in [3.8, 4) is 0 Å². The Bertz CT molecular complexity index is 422. The fourth-order valence-corrected chi connectivity index (χ4v) is 5.51. The summed E-state index contributed by atoms with van der Waals surface area (Å²) in [5, 5.41) is 0. The van der Waals surface area contributed by atoms with E-state index < -0.39 is 21.1 Å². The van der Waals surface area contributed by atoms with E-state index in [1.807, 2.05) is 4.72 Å². The molecule has 4 fully saturated rings. The summed E-state index contributed by atoms with van der Waals surface area (Å²) in [6.45, 7) is 0. The lowest BCUT2D eigenvalue weighted by atomic mass is 9.53. The standard InChI is InChI=1S/C11H16F3NO2S/c12-11(13,14)18(16,17)15-10-4-7-1-8(5-10)3-9(2-7)6-10/h7-9,15H,1-6H2. The van der Waals surface area contributed by atoms with E-state index in [1.54, 1.807) is 0 Å². The van der Waals surface area contributed by atoms with Gasteiger partial charge in [-0.15, -0.1) is 0 Å². The van der Waals surface area contributed by atoms with Crippen LogP contribution in [0.25, 0.3) is 0 Å². The Hall–Kier alpha value is -0.300. The molecule has 0 aromatic carbocycles. The number of halogens is 3. The van der Waals surface area contributed by atoms with Gasteiger partial charge in [-0.1, -0.05) is 0 Å². The van der Waals surface area contributed by atoms with Crippen LogP contribution in [0.3, 0.4) is 0 Å². The SMILES string of the molecule is O=S(=O)(NC12CC3CC(CC(C3)C1)C2)C(F)(F)F. The minimum atomic E-state index is -5.21. The Labute approximate surface area is 104 Å². The molecular weight excluding hydrogens is 267 g/mol. The Kier molecular flexibility index (Phi) is 2.56. The summed E-state index contributed by atoms with van der Waals surface area (Å²) >= 11 is 0. The van der Waals surface area contributed by atoms with Crippen molar-refractivity contribution in [3.05, 3.63) is 0 Å². The first kappa shape index (κ1) is 12.7. The molecule has 0 spiro atoms. The van der Waals surface area contributed by atoms with Gasteiger partial charge in [0, 0.05) is 5.54 Å². The topological polar surface area (TPSA) is 46.2 Å². The highest BCUT2D eigenvalue weighted by Crippen LogP contribution is 2.56. The van der Waals surface area contributed by atoms with Gasteiger partial charge in [0.25, 0.3) is 0 Å². The maximum Gasteiger partial charge on any atom is 0.511 e. The Balaban J connectivity index is 1.85. The second-order valence-electron chi connectivity index (χ2n) is 6.25. The van der Waals surface area contributed by atoms with Crippen molar-refractivity contribution in [3.63, 3.8) is 0 Å². The highest BCUT2D eigenvalue weighted by atomic mass is 32.2. The quantitative estimate of drug-likeness (QED) is 0.846. The molecule has 4 saturated carbocycles. The number of alkyl halides is 3. The van der Waals surface area contributed by atoms with E-state index in [0.717, 1.165) is 19.3 Å². The van der Waals surface area contributed by atoms with Gasteiger partial charge in [-0.25, -0.2) is 13.1 Å². The van der Waals surface area contributed by atoms with Crippen LogP contribution in [0.2, 0.25) is 0 Å². The monoisotopic (exact) mass is 283 g/mol. The first-order valence-electron chi connectivity index (χ1n) is 6.29. The predicted octanol–water partition coefficient (Wildman–Crippen LogP) is 2.39. The van der Waals surface area contributed by atoms with Gasteiger partial charge in [-0.05, 0) is 56.3 Å². The van der Waals surface area contributed by atoms with Crippen molar-refractivity contribution in [2.75, 3.05) is 0 Å². The van der Waals surface area contributed by atoms with E-state index in [1.165, 1.54) is 0 Å². The molecule has 104 valence electrons. The van der Waals surface area contributed by atoms with Crippen molar-refractivity contribution in [2.24, 2.45) is 17.8 Å².